The summed E-state index contributed by atoms with van der Waals surface area (Å²) in [4.78, 5) is 30.8. The van der Waals surface area contributed by atoms with Gasteiger partial charge in [0.1, 0.15) is 5.82 Å². The van der Waals surface area contributed by atoms with E-state index in [9.17, 15) is 20.1 Å². The molecule has 10 heteroatoms. The van der Waals surface area contributed by atoms with Gasteiger partial charge in [-0.1, -0.05) is 0 Å². The van der Waals surface area contributed by atoms with E-state index in [4.69, 9.17) is 0 Å². The minimum absolute atomic E-state index is 0.0379. The van der Waals surface area contributed by atoms with Gasteiger partial charge in [-0.15, -0.1) is 0 Å². The Morgan fingerprint density at radius 1 is 1.02 bits per heavy atom. The minimum atomic E-state index is -0.854. The predicted molar refractivity (Wildman–Crippen MR) is 144 cm³/mol. The molecule has 1 aromatic heterocycles. The Labute approximate surface area is 235 Å². The Kier molecular flexibility index (Phi) is 3.91. The predicted octanol–water partition coefficient (Wildman–Crippen LogP) is 3.54. The van der Waals surface area contributed by atoms with Crippen molar-refractivity contribution in [3.05, 3.63) is 45.6 Å². The van der Waals surface area contributed by atoms with Crippen LogP contribution >= 0.6 is 0 Å². The first-order valence-corrected chi connectivity index (χ1v) is 14.4. The quantitative estimate of drug-likeness (QED) is 0.600. The standard InChI is InChI=1S/C31H28FN7O2/c1-11-25(32)14(18-16(9-33)12(2)38(4)13(3)17(18)10-34)8-15-26(11)36-37-27(15)35-28(40)30-19-22-20(30)24-21(30)23(19)31(22,24)29(41)39-6-5-7-39/h8,18-24H,5-7H2,1-4H3,(H2,35,36,37,40). The first-order chi connectivity index (χ1) is 19.7. The zero-order valence-electron chi connectivity index (χ0n) is 23.2. The molecule has 206 valence electrons. The molecule has 0 spiro atoms. The highest BCUT2D eigenvalue weighted by Crippen LogP contribution is 3.10. The summed E-state index contributed by atoms with van der Waals surface area (Å²) in [6, 6.07) is 6.05. The number of anilines is 1. The first kappa shape index (κ1) is 23.5. The molecule has 8 aliphatic rings. The van der Waals surface area contributed by atoms with Crippen molar-refractivity contribution in [3.63, 3.8) is 0 Å². The van der Waals surface area contributed by atoms with Gasteiger partial charge in [0.2, 0.25) is 11.8 Å². The second kappa shape index (κ2) is 6.82. The summed E-state index contributed by atoms with van der Waals surface area (Å²) in [7, 11) is 1.79. The molecule has 1 aromatic carbocycles. The smallest absolute Gasteiger partial charge is 0.232 e. The summed E-state index contributed by atoms with van der Waals surface area (Å²) in [5.74, 6) is 1.26. The average molecular weight is 550 g/mol. The third-order valence-corrected chi connectivity index (χ3v) is 12.7. The largest absolute Gasteiger partial charge is 0.350 e. The number of amides is 2. The van der Waals surface area contributed by atoms with Crippen LogP contribution in [0.3, 0.4) is 0 Å². The lowest BCUT2D eigenvalue weighted by molar-refractivity contribution is -0.624. The molecule has 1 saturated heterocycles. The number of fused-ring (bicyclic) bond motifs is 1. The second-order valence-corrected chi connectivity index (χ2v) is 13.2. The van der Waals surface area contributed by atoms with Crippen molar-refractivity contribution >= 4 is 28.5 Å². The third-order valence-electron chi connectivity index (χ3n) is 12.7. The van der Waals surface area contributed by atoms with Crippen LogP contribution in [0.2, 0.25) is 0 Å². The van der Waals surface area contributed by atoms with Crippen molar-refractivity contribution < 1.29 is 14.0 Å². The van der Waals surface area contributed by atoms with Gasteiger partial charge >= 0.3 is 0 Å². The number of carbonyl (C=O) groups is 2. The molecule has 7 fully saturated rings. The molecule has 10 rings (SSSR count). The van der Waals surface area contributed by atoms with E-state index in [0.717, 1.165) is 19.5 Å². The third kappa shape index (κ3) is 2.01. The zero-order chi connectivity index (χ0) is 28.5. The lowest BCUT2D eigenvalue weighted by Crippen LogP contribution is -3.12. The SMILES string of the molecule is CC1=C(C#N)C(c2cc3c(NC(=O)C45C6C7C4C4C5C6C74C(=O)N4CCC4)n[nH]c3c(C)c2F)C(C#N)=C(C)N1C. The molecule has 2 aliphatic heterocycles. The minimum Gasteiger partial charge on any atom is -0.350 e. The number of aromatic nitrogens is 2. The fourth-order valence-electron chi connectivity index (χ4n) is 10.8. The van der Waals surface area contributed by atoms with E-state index >= 15 is 4.39 Å². The molecular weight excluding hydrogens is 521 g/mol. The summed E-state index contributed by atoms with van der Waals surface area (Å²) >= 11 is 0. The molecule has 0 atom stereocenters. The van der Waals surface area contributed by atoms with Crippen molar-refractivity contribution in [3.8, 4) is 12.1 Å². The fraction of sp³-hybridized carbons (Fsp3) is 0.516. The Bertz CT molecular complexity index is 1760. The molecule has 3 heterocycles. The topological polar surface area (TPSA) is 129 Å². The first-order valence-electron chi connectivity index (χ1n) is 14.4. The Morgan fingerprint density at radius 3 is 2.10 bits per heavy atom. The van der Waals surface area contributed by atoms with E-state index < -0.39 is 11.7 Å². The van der Waals surface area contributed by atoms with Crippen molar-refractivity contribution in [2.24, 2.45) is 46.3 Å². The van der Waals surface area contributed by atoms with E-state index in [0.29, 0.717) is 86.2 Å². The van der Waals surface area contributed by atoms with Crippen LogP contribution in [0.25, 0.3) is 10.9 Å². The average Bonchev–Trinajstić information content (AvgIpc) is 3.34. The van der Waals surface area contributed by atoms with E-state index in [1.165, 1.54) is 0 Å². The van der Waals surface area contributed by atoms with Crippen LogP contribution in [0.5, 0.6) is 0 Å². The maximum absolute atomic E-state index is 15.9. The number of carbonyl (C=O) groups excluding carboxylic acids is 2. The van der Waals surface area contributed by atoms with Crippen LogP contribution in [0.4, 0.5) is 10.2 Å². The molecule has 41 heavy (non-hydrogen) atoms. The van der Waals surface area contributed by atoms with Crippen molar-refractivity contribution in [1.82, 2.24) is 20.0 Å². The van der Waals surface area contributed by atoms with E-state index in [1.54, 1.807) is 38.8 Å². The maximum Gasteiger partial charge on any atom is 0.232 e. The number of nitrogens with zero attached hydrogens (tertiary/aromatic N) is 5. The number of aryl methyl sites for hydroxylation is 1. The number of likely N-dealkylation sites (tertiary alicyclic amines) is 1. The number of nitrogens with one attached hydrogen (secondary N) is 2. The lowest BCUT2D eigenvalue weighted by atomic mass is 8.92. The van der Waals surface area contributed by atoms with Crippen LogP contribution in [0.1, 0.15) is 37.3 Å². The van der Waals surface area contributed by atoms with Gasteiger partial charge in [-0.3, -0.25) is 14.7 Å². The summed E-state index contributed by atoms with van der Waals surface area (Å²) in [5.41, 5.74) is 2.44. The van der Waals surface area contributed by atoms with Gasteiger partial charge in [-0.25, -0.2) is 4.39 Å². The molecule has 2 aromatic rings. The normalized spacial score (nSPS) is 38.5. The fourth-order valence-corrected chi connectivity index (χ4v) is 10.8. The number of halogens is 1. The van der Waals surface area contributed by atoms with Gasteiger partial charge < -0.3 is 15.1 Å². The van der Waals surface area contributed by atoms with E-state index in [2.05, 4.69) is 27.7 Å². The number of rotatable bonds is 4. The highest BCUT2D eigenvalue weighted by atomic mass is 19.1. The highest BCUT2D eigenvalue weighted by Gasteiger charge is 3.13. The van der Waals surface area contributed by atoms with Crippen molar-refractivity contribution in [2.75, 3.05) is 25.5 Å². The Morgan fingerprint density at radius 2 is 1.59 bits per heavy atom. The molecule has 0 bridgehead atoms. The van der Waals surface area contributed by atoms with Crippen LogP contribution in [-0.4, -0.2) is 51.9 Å². The van der Waals surface area contributed by atoms with Gasteiger partial charge in [-0.2, -0.15) is 15.6 Å². The Balaban J connectivity index is 1.05. The van der Waals surface area contributed by atoms with Gasteiger partial charge in [0.25, 0.3) is 0 Å². The number of allylic oxidation sites excluding steroid dienone is 4. The summed E-state index contributed by atoms with van der Waals surface area (Å²) in [6.45, 7) is 6.98. The van der Waals surface area contributed by atoms with Gasteiger partial charge in [-0.05, 0) is 68.8 Å². The molecule has 0 unspecified atom stereocenters. The molecule has 9 nitrogen and oxygen atoms in total. The Hall–Kier alpha value is -4.18. The maximum atomic E-state index is 15.9. The lowest BCUT2D eigenvalue weighted by Gasteiger charge is -3.09. The monoisotopic (exact) mass is 549 g/mol. The van der Waals surface area contributed by atoms with Crippen LogP contribution in [0.15, 0.2) is 28.6 Å². The van der Waals surface area contributed by atoms with E-state index in [-0.39, 0.29) is 22.3 Å². The van der Waals surface area contributed by atoms with Gasteiger partial charge in [0, 0.05) is 48.0 Å². The summed E-state index contributed by atoms with van der Waals surface area (Å²) in [5, 5.41) is 31.0. The highest BCUT2D eigenvalue weighted by molar-refractivity contribution is 6.08. The summed E-state index contributed by atoms with van der Waals surface area (Å²) < 4.78 is 15.9. The van der Waals surface area contributed by atoms with Crippen LogP contribution < -0.4 is 5.32 Å². The van der Waals surface area contributed by atoms with Gasteiger partial charge in [0.15, 0.2) is 5.82 Å². The molecular formula is C31H28FN7O2. The van der Waals surface area contributed by atoms with E-state index in [1.807, 2.05) is 4.90 Å². The molecule has 6 aliphatic carbocycles. The van der Waals surface area contributed by atoms with Crippen molar-refractivity contribution in [1.29, 1.82) is 10.5 Å². The number of hydrogen-bond donors (Lipinski definition) is 2. The number of nitriles is 2. The molecule has 2 N–H and O–H groups in total. The van der Waals surface area contributed by atoms with Crippen LogP contribution in [-0.2, 0) is 9.59 Å². The second-order valence-electron chi connectivity index (χ2n) is 13.2. The van der Waals surface area contributed by atoms with Crippen LogP contribution in [0, 0.1) is 81.7 Å². The number of aromatic amines is 1. The summed E-state index contributed by atoms with van der Waals surface area (Å²) in [6.07, 6.45) is 1.09. The molecule has 6 saturated carbocycles. The number of benzene rings is 1. The zero-order valence-corrected chi connectivity index (χ0v) is 23.2. The number of H-pyrrole nitrogens is 1. The van der Waals surface area contributed by atoms with Crippen molar-refractivity contribution in [2.45, 2.75) is 33.1 Å². The molecule has 2 amide bonds. The molecule has 0 radical (unpaired) electrons. The number of hydrogen-bond acceptors (Lipinski definition) is 6. The van der Waals surface area contributed by atoms with Gasteiger partial charge in [0.05, 0.1) is 45.5 Å².